The van der Waals surface area contributed by atoms with Crippen molar-refractivity contribution in [2.75, 3.05) is 0 Å². The molecule has 3 rings (SSSR count). The van der Waals surface area contributed by atoms with Gasteiger partial charge in [0.1, 0.15) is 5.56 Å². The van der Waals surface area contributed by atoms with Gasteiger partial charge < -0.3 is 9.88 Å². The Bertz CT molecular complexity index is 792. The number of rotatable bonds is 4. The Labute approximate surface area is 130 Å². The first-order chi connectivity index (χ1) is 10.5. The van der Waals surface area contributed by atoms with Gasteiger partial charge in [-0.25, -0.2) is 0 Å². The van der Waals surface area contributed by atoms with Crippen LogP contribution in [0.25, 0.3) is 10.9 Å². The largest absolute Gasteiger partial charge is 0.349 e. The topological polar surface area (TPSA) is 51.1 Å². The van der Waals surface area contributed by atoms with E-state index in [-0.39, 0.29) is 29.0 Å². The monoisotopic (exact) mass is 298 g/mol. The Morgan fingerprint density at radius 3 is 2.95 bits per heavy atom. The summed E-state index contributed by atoms with van der Waals surface area (Å²) in [5.41, 5.74) is 2.26. The molecule has 4 nitrogen and oxygen atoms in total. The van der Waals surface area contributed by atoms with Crippen LogP contribution in [0, 0.1) is 0 Å². The number of carbonyl (C=O) groups excluding carboxylic acids is 1. The standard InChI is InChI=1S/C18H22N2O2/c1-4-6-11(2)19-18(22)15-10-20-12(3)9-13-7-5-8-14(16(13)20)17(15)21/h5,7-8,10-12H,4,6,9H2,1-3H3,(H,19,22)/t11-,12-/m0/s1. The van der Waals surface area contributed by atoms with Crippen molar-refractivity contribution in [2.24, 2.45) is 0 Å². The molecular formula is C18H22N2O2. The molecule has 22 heavy (non-hydrogen) atoms. The van der Waals surface area contributed by atoms with Crippen molar-refractivity contribution in [3.63, 3.8) is 0 Å². The molecule has 1 aromatic heterocycles. The fourth-order valence-electron chi connectivity index (χ4n) is 3.38. The zero-order valence-electron chi connectivity index (χ0n) is 13.3. The van der Waals surface area contributed by atoms with E-state index in [1.165, 1.54) is 5.56 Å². The molecule has 1 aliphatic rings. The van der Waals surface area contributed by atoms with Gasteiger partial charge in [0.25, 0.3) is 5.91 Å². The molecule has 0 fully saturated rings. The smallest absolute Gasteiger partial charge is 0.256 e. The molecule has 4 heteroatoms. The average Bonchev–Trinajstić information content (AvgIpc) is 2.79. The normalized spacial score (nSPS) is 17.7. The van der Waals surface area contributed by atoms with Crippen LogP contribution in [0.3, 0.4) is 0 Å². The third-order valence-corrected chi connectivity index (χ3v) is 4.47. The molecule has 0 bridgehead atoms. The third kappa shape index (κ3) is 2.32. The van der Waals surface area contributed by atoms with Crippen LogP contribution in [0.4, 0.5) is 0 Å². The Morgan fingerprint density at radius 2 is 2.23 bits per heavy atom. The van der Waals surface area contributed by atoms with E-state index in [0.29, 0.717) is 5.39 Å². The maximum absolute atomic E-state index is 12.7. The molecule has 1 N–H and O–H groups in total. The SMILES string of the molecule is CCC[C@H](C)NC(=O)c1cn2c3c(cccc3c1=O)C[C@@H]2C. The second-order valence-corrected chi connectivity index (χ2v) is 6.31. The van der Waals surface area contributed by atoms with E-state index in [4.69, 9.17) is 0 Å². The van der Waals surface area contributed by atoms with Crippen molar-refractivity contribution in [1.29, 1.82) is 0 Å². The van der Waals surface area contributed by atoms with E-state index in [1.807, 2.05) is 19.1 Å². The second kappa shape index (κ2) is 5.59. The van der Waals surface area contributed by atoms with Crippen molar-refractivity contribution in [3.05, 3.63) is 45.7 Å². The minimum absolute atomic E-state index is 0.0786. The van der Waals surface area contributed by atoms with E-state index in [2.05, 4.69) is 29.8 Å². The minimum atomic E-state index is -0.263. The Hall–Kier alpha value is -2.10. The van der Waals surface area contributed by atoms with E-state index in [1.54, 1.807) is 6.20 Å². The molecule has 1 amide bonds. The lowest BCUT2D eigenvalue weighted by Gasteiger charge is -2.15. The van der Waals surface area contributed by atoms with Crippen molar-refractivity contribution in [2.45, 2.75) is 52.1 Å². The maximum atomic E-state index is 12.7. The summed E-state index contributed by atoms with van der Waals surface area (Å²) in [5.74, 6) is -0.263. The van der Waals surface area contributed by atoms with Crippen LogP contribution in [0.15, 0.2) is 29.2 Å². The summed E-state index contributed by atoms with van der Waals surface area (Å²) >= 11 is 0. The Kier molecular flexibility index (Phi) is 3.77. The van der Waals surface area contributed by atoms with E-state index < -0.39 is 0 Å². The molecule has 0 spiro atoms. The predicted molar refractivity (Wildman–Crippen MR) is 88.5 cm³/mol. The quantitative estimate of drug-likeness (QED) is 0.943. The lowest BCUT2D eigenvalue weighted by Crippen LogP contribution is -2.35. The fraction of sp³-hybridized carbons (Fsp3) is 0.444. The molecule has 0 aliphatic carbocycles. The first kappa shape index (κ1) is 14.8. The van der Waals surface area contributed by atoms with Crippen LogP contribution in [-0.4, -0.2) is 16.5 Å². The van der Waals surface area contributed by atoms with Crippen LogP contribution in [-0.2, 0) is 6.42 Å². The number of nitrogens with zero attached hydrogens (tertiary/aromatic N) is 1. The van der Waals surface area contributed by atoms with Gasteiger partial charge in [-0.15, -0.1) is 0 Å². The number of hydrogen-bond acceptors (Lipinski definition) is 2. The zero-order chi connectivity index (χ0) is 15.9. The van der Waals surface area contributed by atoms with E-state index >= 15 is 0 Å². The summed E-state index contributed by atoms with van der Waals surface area (Å²) in [5, 5.41) is 3.58. The van der Waals surface area contributed by atoms with Crippen LogP contribution in [0.2, 0.25) is 0 Å². The van der Waals surface area contributed by atoms with Gasteiger partial charge in [0, 0.05) is 23.7 Å². The molecule has 2 atom stereocenters. The Morgan fingerprint density at radius 1 is 1.45 bits per heavy atom. The molecule has 1 aliphatic heterocycles. The van der Waals surface area contributed by atoms with Gasteiger partial charge >= 0.3 is 0 Å². The van der Waals surface area contributed by atoms with Gasteiger partial charge in [0.15, 0.2) is 0 Å². The molecule has 0 saturated heterocycles. The van der Waals surface area contributed by atoms with Crippen LogP contribution >= 0.6 is 0 Å². The van der Waals surface area contributed by atoms with Crippen LogP contribution in [0.5, 0.6) is 0 Å². The van der Waals surface area contributed by atoms with Gasteiger partial charge in [0.2, 0.25) is 5.43 Å². The number of nitrogens with one attached hydrogen (secondary N) is 1. The number of benzene rings is 1. The number of aromatic nitrogens is 1. The van der Waals surface area contributed by atoms with Crippen LogP contribution < -0.4 is 10.7 Å². The van der Waals surface area contributed by atoms with Crippen molar-refractivity contribution >= 4 is 16.8 Å². The number of carbonyl (C=O) groups is 1. The molecular weight excluding hydrogens is 276 g/mol. The first-order valence-electron chi connectivity index (χ1n) is 8.00. The molecule has 116 valence electrons. The van der Waals surface area contributed by atoms with Crippen molar-refractivity contribution < 1.29 is 4.79 Å². The molecule has 0 unspecified atom stereocenters. The van der Waals surface area contributed by atoms with Crippen LogP contribution in [0.1, 0.15) is 55.6 Å². The highest BCUT2D eigenvalue weighted by Crippen LogP contribution is 2.30. The summed E-state index contributed by atoms with van der Waals surface area (Å²) in [4.78, 5) is 25.1. The summed E-state index contributed by atoms with van der Waals surface area (Å²) < 4.78 is 2.07. The minimum Gasteiger partial charge on any atom is -0.349 e. The summed E-state index contributed by atoms with van der Waals surface area (Å²) in [6.07, 6.45) is 4.56. The second-order valence-electron chi connectivity index (χ2n) is 6.31. The van der Waals surface area contributed by atoms with E-state index in [0.717, 1.165) is 24.8 Å². The molecule has 0 saturated carbocycles. The molecule has 2 aromatic rings. The van der Waals surface area contributed by atoms with Gasteiger partial charge in [0.05, 0.1) is 5.52 Å². The summed E-state index contributed by atoms with van der Waals surface area (Å²) in [6.45, 7) is 6.17. The molecule has 2 heterocycles. The van der Waals surface area contributed by atoms with Gasteiger partial charge in [-0.05, 0) is 38.3 Å². The lowest BCUT2D eigenvalue weighted by atomic mass is 10.1. The molecule has 0 radical (unpaired) electrons. The zero-order valence-corrected chi connectivity index (χ0v) is 13.3. The van der Waals surface area contributed by atoms with Gasteiger partial charge in [-0.2, -0.15) is 0 Å². The summed E-state index contributed by atoms with van der Waals surface area (Å²) in [6, 6.07) is 6.14. The van der Waals surface area contributed by atoms with Gasteiger partial charge in [-0.1, -0.05) is 25.5 Å². The number of para-hydroxylation sites is 1. The number of pyridine rings is 1. The number of amides is 1. The highest BCUT2D eigenvalue weighted by molar-refractivity contribution is 5.98. The predicted octanol–water partition coefficient (Wildman–Crippen LogP) is 3.04. The average molecular weight is 298 g/mol. The van der Waals surface area contributed by atoms with Crippen molar-refractivity contribution in [1.82, 2.24) is 9.88 Å². The highest BCUT2D eigenvalue weighted by Gasteiger charge is 2.24. The number of hydrogen-bond donors (Lipinski definition) is 1. The lowest BCUT2D eigenvalue weighted by molar-refractivity contribution is 0.0936. The first-order valence-corrected chi connectivity index (χ1v) is 8.00. The fourth-order valence-corrected chi connectivity index (χ4v) is 3.38. The van der Waals surface area contributed by atoms with Gasteiger partial charge in [-0.3, -0.25) is 9.59 Å². The highest BCUT2D eigenvalue weighted by atomic mass is 16.2. The maximum Gasteiger partial charge on any atom is 0.256 e. The van der Waals surface area contributed by atoms with Crippen molar-refractivity contribution in [3.8, 4) is 0 Å². The van der Waals surface area contributed by atoms with E-state index in [9.17, 15) is 9.59 Å². The Balaban J connectivity index is 2.08. The third-order valence-electron chi connectivity index (χ3n) is 4.47. The summed E-state index contributed by atoms with van der Waals surface area (Å²) in [7, 11) is 0. The molecule has 1 aromatic carbocycles.